The lowest BCUT2D eigenvalue weighted by Gasteiger charge is -2.21. The second-order valence-electron chi connectivity index (χ2n) is 7.79. The molecular formula is C25H28N6O2S. The van der Waals surface area contributed by atoms with Crippen LogP contribution in [0.4, 0.5) is 0 Å². The number of pyridine rings is 1. The maximum atomic E-state index is 12.3. The fraction of sp³-hybridized carbons (Fsp3) is 0.360. The van der Waals surface area contributed by atoms with E-state index in [2.05, 4.69) is 37.1 Å². The quantitative estimate of drug-likeness (QED) is 0.376. The molecule has 0 bridgehead atoms. The number of carbonyl (C=O) groups excluding carboxylic acids is 2. The molecule has 0 saturated carbocycles. The summed E-state index contributed by atoms with van der Waals surface area (Å²) >= 11 is 1.64. The van der Waals surface area contributed by atoms with Crippen molar-refractivity contribution in [2.45, 2.75) is 46.1 Å². The van der Waals surface area contributed by atoms with Crippen LogP contribution in [0.2, 0.25) is 0 Å². The first-order valence-electron chi connectivity index (χ1n) is 11.0. The first-order valence-corrected chi connectivity index (χ1v) is 11.8. The fourth-order valence-electron chi connectivity index (χ4n) is 3.29. The third kappa shape index (κ3) is 6.93. The maximum Gasteiger partial charge on any atom is 0.298 e. The van der Waals surface area contributed by atoms with Crippen LogP contribution in [-0.2, 0) is 22.4 Å². The van der Waals surface area contributed by atoms with Crippen molar-refractivity contribution in [1.29, 1.82) is 0 Å². The van der Waals surface area contributed by atoms with Gasteiger partial charge < -0.3 is 10.2 Å². The molecule has 0 aromatic carbocycles. The average molecular weight is 477 g/mol. The largest absolute Gasteiger partial charge is 0.354 e. The van der Waals surface area contributed by atoms with E-state index in [0.29, 0.717) is 25.2 Å². The molecule has 2 amide bonds. The van der Waals surface area contributed by atoms with E-state index in [1.165, 1.54) is 4.90 Å². The van der Waals surface area contributed by atoms with E-state index in [-0.39, 0.29) is 11.8 Å². The first kappa shape index (κ1) is 25.0. The van der Waals surface area contributed by atoms with E-state index in [1.807, 2.05) is 31.3 Å². The van der Waals surface area contributed by atoms with Crippen molar-refractivity contribution in [1.82, 2.24) is 30.2 Å². The summed E-state index contributed by atoms with van der Waals surface area (Å²) in [5, 5.41) is 3.87. The molecule has 8 nitrogen and oxygen atoms in total. The highest BCUT2D eigenvalue weighted by Gasteiger charge is 2.20. The average Bonchev–Trinajstić information content (AvgIpc) is 3.29. The summed E-state index contributed by atoms with van der Waals surface area (Å²) in [5.74, 6) is 5.14. The molecule has 9 heteroatoms. The number of aryl methyl sites for hydroxylation is 2. The van der Waals surface area contributed by atoms with Crippen molar-refractivity contribution in [3.63, 3.8) is 0 Å². The monoisotopic (exact) mass is 476 g/mol. The first-order chi connectivity index (χ1) is 16.4. The van der Waals surface area contributed by atoms with Gasteiger partial charge in [-0.3, -0.25) is 14.6 Å². The molecule has 0 aliphatic rings. The highest BCUT2D eigenvalue weighted by atomic mass is 32.1. The molecule has 0 spiro atoms. The Balaban J connectivity index is 1.52. The van der Waals surface area contributed by atoms with E-state index < -0.39 is 6.04 Å². The SMILES string of the molecule is CC#CC(=O)N(C)[C@@H](C)C(=O)NCCCc1cc(Cc2ncc(-c3ccncc3)s2)nc(C)n1. The van der Waals surface area contributed by atoms with Gasteiger partial charge in [0.25, 0.3) is 5.91 Å². The smallest absolute Gasteiger partial charge is 0.298 e. The van der Waals surface area contributed by atoms with Gasteiger partial charge in [0.15, 0.2) is 0 Å². The minimum Gasteiger partial charge on any atom is -0.354 e. The highest BCUT2D eigenvalue weighted by Crippen LogP contribution is 2.26. The van der Waals surface area contributed by atoms with Crippen LogP contribution in [0.15, 0.2) is 36.8 Å². The lowest BCUT2D eigenvalue weighted by molar-refractivity contribution is -0.134. The Morgan fingerprint density at radius 2 is 1.94 bits per heavy atom. The molecule has 176 valence electrons. The molecule has 1 N–H and O–H groups in total. The molecule has 3 aromatic heterocycles. The molecule has 0 saturated heterocycles. The highest BCUT2D eigenvalue weighted by molar-refractivity contribution is 7.15. The van der Waals surface area contributed by atoms with Gasteiger partial charge in [-0.25, -0.2) is 15.0 Å². The summed E-state index contributed by atoms with van der Waals surface area (Å²) in [6.07, 6.45) is 7.51. The molecule has 0 fully saturated rings. The zero-order chi connectivity index (χ0) is 24.5. The van der Waals surface area contributed by atoms with E-state index in [1.54, 1.807) is 44.6 Å². The van der Waals surface area contributed by atoms with E-state index >= 15 is 0 Å². The molecular weight excluding hydrogens is 448 g/mol. The summed E-state index contributed by atoms with van der Waals surface area (Å²) in [7, 11) is 1.57. The van der Waals surface area contributed by atoms with Crippen molar-refractivity contribution in [3.05, 3.63) is 59.0 Å². The predicted octanol–water partition coefficient (Wildman–Crippen LogP) is 2.81. The van der Waals surface area contributed by atoms with Crippen LogP contribution in [0.25, 0.3) is 10.4 Å². The molecule has 1 atom stereocenters. The van der Waals surface area contributed by atoms with Gasteiger partial charge in [0.05, 0.1) is 15.6 Å². The molecule has 0 aliphatic heterocycles. The van der Waals surface area contributed by atoms with Crippen molar-refractivity contribution < 1.29 is 9.59 Å². The Morgan fingerprint density at radius 3 is 2.68 bits per heavy atom. The molecule has 34 heavy (non-hydrogen) atoms. The number of likely N-dealkylation sites (N-methyl/N-ethyl adjacent to an activating group) is 1. The Hall–Kier alpha value is -3.64. The number of nitrogens with one attached hydrogen (secondary N) is 1. The van der Waals surface area contributed by atoms with E-state index in [4.69, 9.17) is 0 Å². The third-order valence-corrected chi connectivity index (χ3v) is 6.26. The van der Waals surface area contributed by atoms with Crippen LogP contribution >= 0.6 is 11.3 Å². The molecule has 0 radical (unpaired) electrons. The number of hydrogen-bond donors (Lipinski definition) is 1. The van der Waals surface area contributed by atoms with Gasteiger partial charge in [-0.2, -0.15) is 0 Å². The van der Waals surface area contributed by atoms with Gasteiger partial charge in [-0.15, -0.1) is 11.3 Å². The molecule has 3 rings (SSSR count). The number of aromatic nitrogens is 4. The number of thiazole rings is 1. The van der Waals surface area contributed by atoms with Crippen LogP contribution in [0.1, 0.15) is 42.5 Å². The number of hydrogen-bond acceptors (Lipinski definition) is 7. The van der Waals surface area contributed by atoms with Crippen LogP contribution in [0.5, 0.6) is 0 Å². The van der Waals surface area contributed by atoms with Crippen LogP contribution < -0.4 is 5.32 Å². The summed E-state index contributed by atoms with van der Waals surface area (Å²) in [4.78, 5) is 44.3. The Labute approximate surface area is 203 Å². The van der Waals surface area contributed by atoms with Gasteiger partial charge in [0.2, 0.25) is 5.91 Å². The molecule has 0 aliphatic carbocycles. The van der Waals surface area contributed by atoms with Crippen LogP contribution in [0.3, 0.4) is 0 Å². The Bertz CT molecular complexity index is 1200. The van der Waals surface area contributed by atoms with E-state index in [0.717, 1.165) is 33.3 Å². The van der Waals surface area contributed by atoms with Crippen LogP contribution in [-0.4, -0.2) is 56.3 Å². The zero-order valence-electron chi connectivity index (χ0n) is 19.8. The number of amides is 2. The minimum absolute atomic E-state index is 0.206. The topological polar surface area (TPSA) is 101 Å². The molecule has 3 heterocycles. The zero-order valence-corrected chi connectivity index (χ0v) is 20.6. The second-order valence-corrected chi connectivity index (χ2v) is 8.91. The van der Waals surface area contributed by atoms with Gasteiger partial charge in [0, 0.05) is 44.3 Å². The third-order valence-electron chi connectivity index (χ3n) is 5.22. The fourth-order valence-corrected chi connectivity index (χ4v) is 4.23. The Kier molecular flexibility index (Phi) is 8.82. The van der Waals surface area contributed by atoms with Crippen molar-refractivity contribution in [2.24, 2.45) is 0 Å². The Morgan fingerprint density at radius 1 is 1.21 bits per heavy atom. The van der Waals surface area contributed by atoms with Crippen molar-refractivity contribution in [3.8, 4) is 22.3 Å². The maximum absolute atomic E-state index is 12.3. The van der Waals surface area contributed by atoms with Gasteiger partial charge in [-0.1, -0.05) is 5.92 Å². The van der Waals surface area contributed by atoms with Crippen molar-refractivity contribution >= 4 is 23.2 Å². The number of rotatable bonds is 9. The summed E-state index contributed by atoms with van der Waals surface area (Å²) in [6.45, 7) is 5.65. The van der Waals surface area contributed by atoms with Crippen LogP contribution in [0, 0.1) is 18.8 Å². The second kappa shape index (κ2) is 12.0. The van der Waals surface area contributed by atoms with Gasteiger partial charge >= 0.3 is 0 Å². The van der Waals surface area contributed by atoms with Gasteiger partial charge in [-0.05, 0) is 63.3 Å². The molecule has 0 unspecified atom stereocenters. The summed E-state index contributed by atoms with van der Waals surface area (Å²) < 4.78 is 0. The minimum atomic E-state index is -0.586. The standard InChI is InChI=1S/C25H28N6O2S/c1-5-7-24(32)31(4)17(2)25(33)27-11-6-8-20-14-21(30-18(3)29-20)15-23-28-16-22(34-23)19-9-12-26-13-10-19/h9-10,12-14,16-17H,6,8,11,15H2,1-4H3,(H,27,33)/t17-/m0/s1. The van der Waals surface area contributed by atoms with Crippen molar-refractivity contribution in [2.75, 3.05) is 13.6 Å². The van der Waals surface area contributed by atoms with E-state index in [9.17, 15) is 9.59 Å². The lowest BCUT2D eigenvalue weighted by Crippen LogP contribution is -2.45. The molecule has 3 aromatic rings. The normalized spacial score (nSPS) is 11.3. The summed E-state index contributed by atoms with van der Waals surface area (Å²) in [5.41, 5.74) is 2.96. The van der Waals surface area contributed by atoms with Gasteiger partial charge in [0.1, 0.15) is 11.9 Å². The number of carbonyl (C=O) groups is 2. The predicted molar refractivity (Wildman–Crippen MR) is 132 cm³/mol. The lowest BCUT2D eigenvalue weighted by atomic mass is 10.2. The number of nitrogens with zero attached hydrogens (tertiary/aromatic N) is 5. The summed E-state index contributed by atoms with van der Waals surface area (Å²) in [6, 6.07) is 5.36.